The fraction of sp³-hybridized carbons (Fsp3) is 1.00. The summed E-state index contributed by atoms with van der Waals surface area (Å²) in [7, 11) is 2.09. The van der Waals surface area contributed by atoms with Gasteiger partial charge in [0.1, 0.15) is 0 Å². The minimum Gasteiger partial charge on any atom is -0.315 e. The molecule has 0 radical (unpaired) electrons. The van der Waals surface area contributed by atoms with Crippen LogP contribution in [0.15, 0.2) is 0 Å². The molecule has 1 aliphatic heterocycles. The Hall–Kier alpha value is -0.0800. The molecule has 1 heterocycles. The van der Waals surface area contributed by atoms with Gasteiger partial charge in [-0.25, -0.2) is 0 Å². The van der Waals surface area contributed by atoms with E-state index in [1.165, 1.54) is 32.5 Å². The van der Waals surface area contributed by atoms with Gasteiger partial charge in [-0.2, -0.15) is 0 Å². The van der Waals surface area contributed by atoms with Crippen molar-refractivity contribution in [2.75, 3.05) is 26.7 Å². The van der Waals surface area contributed by atoms with Gasteiger partial charge in [-0.15, -0.1) is 0 Å². The van der Waals surface area contributed by atoms with Crippen LogP contribution in [0.5, 0.6) is 0 Å². The van der Waals surface area contributed by atoms with Gasteiger partial charge in [-0.1, -0.05) is 34.6 Å². The normalized spacial score (nSPS) is 22.1. The SMILES string of the molecule is CNC(CN1CCC(C(C)C)CC1)C(C)(C)C. The van der Waals surface area contributed by atoms with Crippen LogP contribution in [0.25, 0.3) is 0 Å². The van der Waals surface area contributed by atoms with Crippen LogP contribution in [0.2, 0.25) is 0 Å². The molecule has 0 spiro atoms. The molecule has 2 nitrogen and oxygen atoms in total. The highest BCUT2D eigenvalue weighted by Crippen LogP contribution is 2.26. The number of nitrogens with zero attached hydrogens (tertiary/aromatic N) is 1. The molecule has 1 fully saturated rings. The van der Waals surface area contributed by atoms with E-state index < -0.39 is 0 Å². The first-order valence-corrected chi connectivity index (χ1v) is 7.24. The minimum atomic E-state index is 0.351. The molecule has 0 aliphatic carbocycles. The van der Waals surface area contributed by atoms with E-state index in [1.54, 1.807) is 0 Å². The molecule has 1 N–H and O–H groups in total. The van der Waals surface area contributed by atoms with Gasteiger partial charge in [0, 0.05) is 12.6 Å². The van der Waals surface area contributed by atoms with Crippen molar-refractivity contribution in [2.24, 2.45) is 17.3 Å². The molecule has 2 heteroatoms. The van der Waals surface area contributed by atoms with Crippen molar-refractivity contribution in [3.8, 4) is 0 Å². The van der Waals surface area contributed by atoms with Crippen LogP contribution in [-0.2, 0) is 0 Å². The highest BCUT2D eigenvalue weighted by molar-refractivity contribution is 4.84. The van der Waals surface area contributed by atoms with E-state index in [-0.39, 0.29) is 0 Å². The van der Waals surface area contributed by atoms with Crippen LogP contribution < -0.4 is 5.32 Å². The van der Waals surface area contributed by atoms with Gasteiger partial charge in [0.05, 0.1) is 0 Å². The van der Waals surface area contributed by atoms with Gasteiger partial charge in [0.2, 0.25) is 0 Å². The molecular formula is C15H32N2. The molecule has 102 valence electrons. The largest absolute Gasteiger partial charge is 0.315 e. The Kier molecular flexibility index (Phi) is 5.46. The average Bonchev–Trinajstić information content (AvgIpc) is 2.24. The van der Waals surface area contributed by atoms with Gasteiger partial charge >= 0.3 is 0 Å². The zero-order chi connectivity index (χ0) is 13.1. The van der Waals surface area contributed by atoms with Crippen molar-refractivity contribution in [3.05, 3.63) is 0 Å². The third kappa shape index (κ3) is 4.59. The zero-order valence-electron chi connectivity index (χ0n) is 12.7. The third-order valence-corrected chi connectivity index (χ3v) is 4.41. The van der Waals surface area contributed by atoms with Crippen LogP contribution in [-0.4, -0.2) is 37.6 Å². The second-order valence-corrected chi connectivity index (χ2v) is 7.09. The van der Waals surface area contributed by atoms with Crippen LogP contribution in [0.1, 0.15) is 47.5 Å². The van der Waals surface area contributed by atoms with Crippen molar-refractivity contribution in [1.82, 2.24) is 10.2 Å². The van der Waals surface area contributed by atoms with E-state index in [0.29, 0.717) is 11.5 Å². The van der Waals surface area contributed by atoms with E-state index >= 15 is 0 Å². The van der Waals surface area contributed by atoms with Gasteiger partial charge in [0.25, 0.3) is 0 Å². The first-order valence-electron chi connectivity index (χ1n) is 7.24. The van der Waals surface area contributed by atoms with E-state index in [2.05, 4.69) is 51.9 Å². The summed E-state index contributed by atoms with van der Waals surface area (Å²) in [6.45, 7) is 15.5. The summed E-state index contributed by atoms with van der Waals surface area (Å²) < 4.78 is 0. The fourth-order valence-corrected chi connectivity index (χ4v) is 2.86. The minimum absolute atomic E-state index is 0.351. The van der Waals surface area contributed by atoms with E-state index in [0.717, 1.165) is 11.8 Å². The van der Waals surface area contributed by atoms with Crippen molar-refractivity contribution in [2.45, 2.75) is 53.5 Å². The number of nitrogens with one attached hydrogen (secondary N) is 1. The van der Waals surface area contributed by atoms with Gasteiger partial charge in [0.15, 0.2) is 0 Å². The lowest BCUT2D eigenvalue weighted by atomic mass is 9.84. The summed E-state index contributed by atoms with van der Waals surface area (Å²) in [4.78, 5) is 2.64. The summed E-state index contributed by atoms with van der Waals surface area (Å²) in [6, 6.07) is 0.595. The van der Waals surface area contributed by atoms with E-state index in [9.17, 15) is 0 Å². The molecule has 1 unspecified atom stereocenters. The summed E-state index contributed by atoms with van der Waals surface area (Å²) >= 11 is 0. The highest BCUT2D eigenvalue weighted by Gasteiger charge is 2.28. The second kappa shape index (κ2) is 6.19. The lowest BCUT2D eigenvalue weighted by molar-refractivity contribution is 0.121. The summed E-state index contributed by atoms with van der Waals surface area (Å²) in [5.74, 6) is 1.81. The highest BCUT2D eigenvalue weighted by atomic mass is 15.2. The molecule has 0 aromatic heterocycles. The molecule has 1 rings (SSSR count). The smallest absolute Gasteiger partial charge is 0.0240 e. The molecule has 1 atom stereocenters. The second-order valence-electron chi connectivity index (χ2n) is 7.09. The molecule has 0 bridgehead atoms. The van der Waals surface area contributed by atoms with E-state index in [4.69, 9.17) is 0 Å². The predicted octanol–water partition coefficient (Wildman–Crippen LogP) is 2.99. The fourth-order valence-electron chi connectivity index (χ4n) is 2.86. The Labute approximate surface area is 108 Å². The van der Waals surface area contributed by atoms with Crippen molar-refractivity contribution in [1.29, 1.82) is 0 Å². The Morgan fingerprint density at radius 3 is 2.06 bits per heavy atom. The van der Waals surface area contributed by atoms with Crippen LogP contribution in [0.4, 0.5) is 0 Å². The molecule has 1 aliphatic rings. The first-order chi connectivity index (χ1) is 7.84. The molecule has 17 heavy (non-hydrogen) atoms. The molecule has 1 saturated heterocycles. The molecule has 0 aromatic carbocycles. The Bertz CT molecular complexity index is 209. The summed E-state index contributed by atoms with van der Waals surface area (Å²) in [5.41, 5.74) is 0.351. The summed E-state index contributed by atoms with van der Waals surface area (Å²) in [6.07, 6.45) is 2.77. The van der Waals surface area contributed by atoms with Gasteiger partial charge < -0.3 is 10.2 Å². The maximum Gasteiger partial charge on any atom is 0.0240 e. The maximum absolute atomic E-state index is 3.48. The number of rotatable bonds is 4. The predicted molar refractivity (Wildman–Crippen MR) is 76.3 cm³/mol. The average molecular weight is 240 g/mol. The standard InChI is InChI=1S/C15H32N2/c1-12(2)13-7-9-17(10-8-13)11-14(16-6)15(3,4)5/h12-14,16H,7-11H2,1-6H3. The zero-order valence-corrected chi connectivity index (χ0v) is 12.7. The number of piperidine rings is 1. The topological polar surface area (TPSA) is 15.3 Å². The van der Waals surface area contributed by atoms with Gasteiger partial charge in [-0.05, 0) is 50.2 Å². The third-order valence-electron chi connectivity index (χ3n) is 4.41. The Morgan fingerprint density at radius 1 is 1.18 bits per heavy atom. The van der Waals surface area contributed by atoms with Crippen molar-refractivity contribution < 1.29 is 0 Å². The van der Waals surface area contributed by atoms with E-state index in [1.807, 2.05) is 0 Å². The van der Waals surface area contributed by atoms with Crippen LogP contribution >= 0.6 is 0 Å². The Balaban J connectivity index is 2.39. The monoisotopic (exact) mass is 240 g/mol. The number of hydrogen-bond acceptors (Lipinski definition) is 2. The van der Waals surface area contributed by atoms with Crippen LogP contribution in [0.3, 0.4) is 0 Å². The number of hydrogen-bond donors (Lipinski definition) is 1. The lowest BCUT2D eigenvalue weighted by Crippen LogP contribution is -2.49. The first kappa shape index (κ1) is 15.0. The van der Waals surface area contributed by atoms with Gasteiger partial charge in [-0.3, -0.25) is 0 Å². The molecule has 0 amide bonds. The van der Waals surface area contributed by atoms with Crippen molar-refractivity contribution >= 4 is 0 Å². The van der Waals surface area contributed by atoms with Crippen molar-refractivity contribution in [3.63, 3.8) is 0 Å². The number of likely N-dealkylation sites (N-methyl/N-ethyl adjacent to an activating group) is 1. The quantitative estimate of drug-likeness (QED) is 0.812. The van der Waals surface area contributed by atoms with Crippen LogP contribution in [0, 0.1) is 17.3 Å². The Morgan fingerprint density at radius 2 is 1.71 bits per heavy atom. The molecule has 0 saturated carbocycles. The summed E-state index contributed by atoms with van der Waals surface area (Å²) in [5, 5.41) is 3.48. The lowest BCUT2D eigenvalue weighted by Gasteiger charge is -2.39. The number of likely N-dealkylation sites (tertiary alicyclic amines) is 1. The maximum atomic E-state index is 3.48. The molecule has 0 aromatic rings. The molecular weight excluding hydrogens is 208 g/mol.